The highest BCUT2D eigenvalue weighted by Gasteiger charge is 2.27. The zero-order valence-electron chi connectivity index (χ0n) is 6.14. The molecule has 0 aromatic heterocycles. The molecule has 0 radical (unpaired) electrons. The summed E-state index contributed by atoms with van der Waals surface area (Å²) in [4.78, 5) is 0. The minimum atomic E-state index is -0.220. The molecule has 0 aromatic carbocycles. The van der Waals surface area contributed by atoms with E-state index >= 15 is 0 Å². The minimum Gasteiger partial charge on any atom is -0.359 e. The number of rotatable bonds is 1. The molecule has 1 aliphatic rings. The van der Waals surface area contributed by atoms with Crippen molar-refractivity contribution in [2.24, 2.45) is 0 Å². The summed E-state index contributed by atoms with van der Waals surface area (Å²) in [5.41, 5.74) is -0.220. The number of thiocarbonyl (C=S) groups is 1. The molecule has 1 N–H and O–H groups in total. The molecule has 0 amide bonds. The van der Waals surface area contributed by atoms with Gasteiger partial charge in [0, 0.05) is 19.3 Å². The molecule has 0 aliphatic carbocycles. The van der Waals surface area contributed by atoms with E-state index in [2.05, 4.69) is 5.32 Å². The Kier molecular flexibility index (Phi) is 2.55. The summed E-state index contributed by atoms with van der Waals surface area (Å²) < 4.78 is 6.08. The van der Waals surface area contributed by atoms with Gasteiger partial charge >= 0.3 is 0 Å². The van der Waals surface area contributed by atoms with Gasteiger partial charge < -0.3 is 10.1 Å². The van der Waals surface area contributed by atoms with Gasteiger partial charge in [-0.1, -0.05) is 24.0 Å². The molecule has 1 rings (SSSR count). The van der Waals surface area contributed by atoms with Crippen molar-refractivity contribution in [1.82, 2.24) is 5.32 Å². The number of hydrogen-bond donors (Lipinski definition) is 1. The van der Waals surface area contributed by atoms with Crippen LogP contribution in [0.3, 0.4) is 0 Å². The number of ether oxygens (including phenoxy) is 1. The largest absolute Gasteiger partial charge is 0.359 e. The van der Waals surface area contributed by atoms with Crippen molar-refractivity contribution in [2.45, 2.75) is 19.1 Å². The third kappa shape index (κ3) is 1.84. The first-order chi connectivity index (χ1) is 4.66. The molecule has 4 heteroatoms. The summed E-state index contributed by atoms with van der Waals surface area (Å²) in [7, 11) is 1.70. The first-order valence-electron chi connectivity index (χ1n) is 3.16. The molecular weight excluding hydrogens is 166 g/mol. The number of methoxy groups -OCH3 is 1. The van der Waals surface area contributed by atoms with Crippen LogP contribution in [0.1, 0.15) is 13.3 Å². The van der Waals surface area contributed by atoms with E-state index in [1.165, 1.54) is 0 Å². The normalized spacial score (nSPS) is 33.6. The van der Waals surface area contributed by atoms with Crippen molar-refractivity contribution in [3.63, 3.8) is 0 Å². The molecule has 1 atom stereocenters. The lowest BCUT2D eigenvalue weighted by atomic mass is 10.2. The van der Waals surface area contributed by atoms with Crippen LogP contribution in [0.2, 0.25) is 0 Å². The van der Waals surface area contributed by atoms with Gasteiger partial charge in [-0.2, -0.15) is 0 Å². The average Bonchev–Trinajstić information content (AvgIpc) is 1.88. The average molecular weight is 177 g/mol. The van der Waals surface area contributed by atoms with Crippen molar-refractivity contribution in [1.29, 1.82) is 0 Å². The van der Waals surface area contributed by atoms with Gasteiger partial charge in [-0.25, -0.2) is 0 Å². The predicted molar refractivity (Wildman–Crippen MR) is 48.2 cm³/mol. The predicted octanol–water partition coefficient (Wildman–Crippen LogP) is 1.36. The van der Waals surface area contributed by atoms with Crippen LogP contribution in [-0.2, 0) is 4.74 Å². The van der Waals surface area contributed by atoms with Crippen molar-refractivity contribution < 1.29 is 4.74 Å². The SMILES string of the molecule is COC1(C)CCSC(=S)N1. The van der Waals surface area contributed by atoms with Crippen LogP contribution in [-0.4, -0.2) is 22.9 Å². The van der Waals surface area contributed by atoms with Gasteiger partial charge in [0.1, 0.15) is 10.0 Å². The van der Waals surface area contributed by atoms with Crippen LogP contribution in [0, 0.1) is 0 Å². The maximum absolute atomic E-state index is 5.24. The van der Waals surface area contributed by atoms with Crippen molar-refractivity contribution in [2.75, 3.05) is 12.9 Å². The van der Waals surface area contributed by atoms with Crippen molar-refractivity contribution >= 4 is 28.3 Å². The number of hydrogen-bond acceptors (Lipinski definition) is 3. The monoisotopic (exact) mass is 177 g/mol. The third-order valence-electron chi connectivity index (χ3n) is 1.63. The Labute approximate surface area is 70.7 Å². The van der Waals surface area contributed by atoms with Gasteiger partial charge in [-0.15, -0.1) is 0 Å². The van der Waals surface area contributed by atoms with E-state index in [9.17, 15) is 0 Å². The van der Waals surface area contributed by atoms with E-state index in [-0.39, 0.29) is 5.72 Å². The second-order valence-corrected chi connectivity index (χ2v) is 4.22. The van der Waals surface area contributed by atoms with Crippen LogP contribution < -0.4 is 5.32 Å². The maximum atomic E-state index is 5.24. The Morgan fingerprint density at radius 3 is 2.90 bits per heavy atom. The molecule has 2 nitrogen and oxygen atoms in total. The molecule has 1 saturated heterocycles. The van der Waals surface area contributed by atoms with Gasteiger partial charge in [0.15, 0.2) is 0 Å². The minimum absolute atomic E-state index is 0.220. The fraction of sp³-hybridized carbons (Fsp3) is 0.833. The van der Waals surface area contributed by atoms with E-state index in [4.69, 9.17) is 17.0 Å². The zero-order chi connectivity index (χ0) is 7.61. The van der Waals surface area contributed by atoms with E-state index in [1.54, 1.807) is 18.9 Å². The first kappa shape index (κ1) is 8.30. The van der Waals surface area contributed by atoms with Crippen LogP contribution in [0.5, 0.6) is 0 Å². The smallest absolute Gasteiger partial charge is 0.137 e. The lowest BCUT2D eigenvalue weighted by Crippen LogP contribution is -2.49. The van der Waals surface area contributed by atoms with Crippen molar-refractivity contribution in [3.05, 3.63) is 0 Å². The molecule has 0 saturated carbocycles. The summed E-state index contributed by atoms with van der Waals surface area (Å²) in [6, 6.07) is 0. The van der Waals surface area contributed by atoms with Crippen molar-refractivity contribution in [3.8, 4) is 0 Å². The molecule has 10 heavy (non-hydrogen) atoms. The Morgan fingerprint density at radius 1 is 1.80 bits per heavy atom. The fourth-order valence-corrected chi connectivity index (χ4v) is 2.24. The lowest BCUT2D eigenvalue weighted by Gasteiger charge is -2.33. The Morgan fingerprint density at radius 2 is 2.50 bits per heavy atom. The maximum Gasteiger partial charge on any atom is 0.137 e. The van der Waals surface area contributed by atoms with E-state index in [0.29, 0.717) is 0 Å². The molecule has 0 aromatic rings. The molecule has 1 fully saturated rings. The van der Waals surface area contributed by atoms with E-state index < -0.39 is 0 Å². The van der Waals surface area contributed by atoms with E-state index in [0.717, 1.165) is 16.5 Å². The van der Waals surface area contributed by atoms with Gasteiger partial charge in [0.05, 0.1) is 0 Å². The van der Waals surface area contributed by atoms with Crippen LogP contribution in [0.15, 0.2) is 0 Å². The molecule has 58 valence electrons. The summed E-state index contributed by atoms with van der Waals surface area (Å²) in [6.07, 6.45) is 1.01. The Balaban J connectivity index is 2.53. The van der Waals surface area contributed by atoms with Gasteiger partial charge in [0.25, 0.3) is 0 Å². The van der Waals surface area contributed by atoms with Gasteiger partial charge in [0.2, 0.25) is 0 Å². The molecule has 0 bridgehead atoms. The van der Waals surface area contributed by atoms with Gasteiger partial charge in [-0.3, -0.25) is 0 Å². The van der Waals surface area contributed by atoms with Crippen LogP contribution in [0.4, 0.5) is 0 Å². The highest BCUT2D eigenvalue weighted by atomic mass is 32.2. The quantitative estimate of drug-likeness (QED) is 0.610. The summed E-state index contributed by atoms with van der Waals surface area (Å²) in [5.74, 6) is 1.05. The molecular formula is C6H11NOS2. The second kappa shape index (κ2) is 3.07. The number of nitrogens with one attached hydrogen (secondary N) is 1. The molecule has 1 heterocycles. The molecule has 1 aliphatic heterocycles. The molecule has 1 unspecified atom stereocenters. The number of thioether (sulfide) groups is 1. The summed E-state index contributed by atoms with van der Waals surface area (Å²) >= 11 is 6.67. The van der Waals surface area contributed by atoms with Crippen LogP contribution in [0.25, 0.3) is 0 Å². The van der Waals surface area contributed by atoms with Crippen LogP contribution >= 0.6 is 24.0 Å². The summed E-state index contributed by atoms with van der Waals surface area (Å²) in [5, 5.41) is 3.11. The Hall–Kier alpha value is 0.200. The standard InChI is InChI=1S/C6H11NOS2/c1-6(8-2)3-4-10-5(9)7-6/h3-4H2,1-2H3,(H,7,9). The first-order valence-corrected chi connectivity index (χ1v) is 4.56. The Bertz CT molecular complexity index is 151. The highest BCUT2D eigenvalue weighted by Crippen LogP contribution is 2.22. The highest BCUT2D eigenvalue weighted by molar-refractivity contribution is 8.23. The third-order valence-corrected chi connectivity index (χ3v) is 2.86. The fourth-order valence-electron chi connectivity index (χ4n) is 0.806. The van der Waals surface area contributed by atoms with Gasteiger partial charge in [-0.05, 0) is 6.92 Å². The second-order valence-electron chi connectivity index (χ2n) is 2.45. The topological polar surface area (TPSA) is 21.3 Å². The summed E-state index contributed by atoms with van der Waals surface area (Å²) in [6.45, 7) is 2.01. The lowest BCUT2D eigenvalue weighted by molar-refractivity contribution is -0.00917. The molecule has 0 spiro atoms. The zero-order valence-corrected chi connectivity index (χ0v) is 7.77. The van der Waals surface area contributed by atoms with E-state index in [1.807, 2.05) is 6.92 Å².